The van der Waals surface area contributed by atoms with Crippen molar-refractivity contribution >= 4 is 17.3 Å². The fourth-order valence-corrected chi connectivity index (χ4v) is 2.44. The molecule has 0 unspecified atom stereocenters. The SMILES string of the molecule is CCOC1CC(NC(=O)c2cccc(NC)c2[N+](=O)[O-])C1. The van der Waals surface area contributed by atoms with E-state index in [1.165, 1.54) is 6.07 Å². The molecule has 1 aliphatic carbocycles. The second kappa shape index (κ2) is 6.53. The maximum Gasteiger partial charge on any atom is 0.305 e. The van der Waals surface area contributed by atoms with Crippen LogP contribution in [0.25, 0.3) is 0 Å². The Balaban J connectivity index is 2.08. The maximum atomic E-state index is 12.2. The Kier molecular flexibility index (Phi) is 4.74. The molecule has 1 aromatic carbocycles. The molecule has 21 heavy (non-hydrogen) atoms. The topological polar surface area (TPSA) is 93.5 Å². The molecule has 2 N–H and O–H groups in total. The van der Waals surface area contributed by atoms with E-state index >= 15 is 0 Å². The number of nitrogens with one attached hydrogen (secondary N) is 2. The van der Waals surface area contributed by atoms with Crippen molar-refractivity contribution < 1.29 is 14.5 Å². The van der Waals surface area contributed by atoms with Crippen molar-refractivity contribution in [3.63, 3.8) is 0 Å². The van der Waals surface area contributed by atoms with Crippen molar-refractivity contribution in [3.05, 3.63) is 33.9 Å². The summed E-state index contributed by atoms with van der Waals surface area (Å²) in [7, 11) is 1.59. The number of hydrogen-bond acceptors (Lipinski definition) is 5. The average Bonchev–Trinajstić information content (AvgIpc) is 2.43. The van der Waals surface area contributed by atoms with E-state index in [1.54, 1.807) is 19.2 Å². The molecule has 0 aliphatic heterocycles. The number of carbonyl (C=O) groups is 1. The molecule has 0 aromatic heterocycles. The molecule has 2 rings (SSSR count). The lowest BCUT2D eigenvalue weighted by Gasteiger charge is -2.35. The van der Waals surface area contributed by atoms with E-state index in [2.05, 4.69) is 10.6 Å². The number of carbonyl (C=O) groups excluding carboxylic acids is 1. The highest BCUT2D eigenvalue weighted by atomic mass is 16.6. The van der Waals surface area contributed by atoms with Crippen LogP contribution >= 0.6 is 0 Å². The van der Waals surface area contributed by atoms with Crippen LogP contribution in [0.1, 0.15) is 30.1 Å². The Morgan fingerprint density at radius 2 is 2.19 bits per heavy atom. The normalized spacial score (nSPS) is 20.5. The highest BCUT2D eigenvalue weighted by Crippen LogP contribution is 2.29. The smallest absolute Gasteiger partial charge is 0.305 e. The van der Waals surface area contributed by atoms with Crippen LogP contribution in [0.4, 0.5) is 11.4 Å². The molecule has 1 amide bonds. The summed E-state index contributed by atoms with van der Waals surface area (Å²) in [4.78, 5) is 22.9. The van der Waals surface area contributed by atoms with Gasteiger partial charge >= 0.3 is 5.69 Å². The highest BCUT2D eigenvalue weighted by Gasteiger charge is 2.32. The van der Waals surface area contributed by atoms with Crippen molar-refractivity contribution in [3.8, 4) is 0 Å². The van der Waals surface area contributed by atoms with Crippen molar-refractivity contribution in [2.75, 3.05) is 19.0 Å². The van der Waals surface area contributed by atoms with Gasteiger partial charge in [0, 0.05) is 19.7 Å². The summed E-state index contributed by atoms with van der Waals surface area (Å²) in [6, 6.07) is 4.68. The Labute approximate surface area is 122 Å². The first kappa shape index (κ1) is 15.2. The number of rotatable bonds is 6. The fourth-order valence-electron chi connectivity index (χ4n) is 2.44. The van der Waals surface area contributed by atoms with Gasteiger partial charge in [-0.3, -0.25) is 14.9 Å². The Morgan fingerprint density at radius 3 is 2.76 bits per heavy atom. The van der Waals surface area contributed by atoms with Crippen molar-refractivity contribution in [1.29, 1.82) is 0 Å². The van der Waals surface area contributed by atoms with Crippen LogP contribution in [0.2, 0.25) is 0 Å². The van der Waals surface area contributed by atoms with E-state index in [9.17, 15) is 14.9 Å². The maximum absolute atomic E-state index is 12.2. The quantitative estimate of drug-likeness (QED) is 0.617. The van der Waals surface area contributed by atoms with Gasteiger partial charge in [0.15, 0.2) is 0 Å². The molecule has 7 nitrogen and oxygen atoms in total. The number of anilines is 1. The Morgan fingerprint density at radius 1 is 1.48 bits per heavy atom. The van der Waals surface area contributed by atoms with E-state index in [1.807, 2.05) is 6.92 Å². The number of nitrogens with zero attached hydrogens (tertiary/aromatic N) is 1. The van der Waals surface area contributed by atoms with E-state index < -0.39 is 10.8 Å². The lowest BCUT2D eigenvalue weighted by molar-refractivity contribution is -0.384. The summed E-state index contributed by atoms with van der Waals surface area (Å²) < 4.78 is 5.42. The van der Waals surface area contributed by atoms with E-state index in [4.69, 9.17) is 4.74 Å². The van der Waals surface area contributed by atoms with E-state index in [0.717, 1.165) is 12.8 Å². The third-order valence-electron chi connectivity index (χ3n) is 3.56. The number of amides is 1. The number of nitro groups is 1. The standard InChI is InChI=1S/C14H19N3O4/c1-3-21-10-7-9(8-10)16-14(18)11-5-4-6-12(15-2)13(11)17(19)20/h4-6,9-10,15H,3,7-8H2,1-2H3,(H,16,18). The molecule has 1 saturated carbocycles. The Hall–Kier alpha value is -2.15. The number of hydrogen-bond donors (Lipinski definition) is 2. The van der Waals surface area contributed by atoms with Crippen LogP contribution in [-0.4, -0.2) is 36.6 Å². The minimum absolute atomic E-state index is 0.0203. The molecule has 0 spiro atoms. The van der Waals surface area contributed by atoms with Gasteiger partial charge in [-0.15, -0.1) is 0 Å². The zero-order valence-electron chi connectivity index (χ0n) is 12.1. The third kappa shape index (κ3) is 3.30. The van der Waals surface area contributed by atoms with Gasteiger partial charge in [-0.1, -0.05) is 6.07 Å². The lowest BCUT2D eigenvalue weighted by atomic mass is 9.89. The molecule has 0 atom stereocenters. The molecule has 0 heterocycles. The second-order valence-corrected chi connectivity index (χ2v) is 4.93. The molecule has 0 bridgehead atoms. The molecule has 7 heteroatoms. The van der Waals surface area contributed by atoms with Gasteiger partial charge in [0.1, 0.15) is 11.3 Å². The summed E-state index contributed by atoms with van der Waals surface area (Å²) >= 11 is 0. The number of ether oxygens (including phenoxy) is 1. The summed E-state index contributed by atoms with van der Waals surface area (Å²) in [6.07, 6.45) is 1.68. The van der Waals surface area contributed by atoms with Crippen molar-refractivity contribution in [2.45, 2.75) is 31.9 Å². The third-order valence-corrected chi connectivity index (χ3v) is 3.56. The second-order valence-electron chi connectivity index (χ2n) is 4.93. The minimum Gasteiger partial charge on any atom is -0.383 e. The minimum atomic E-state index is -0.537. The molecule has 0 radical (unpaired) electrons. The van der Waals surface area contributed by atoms with Gasteiger partial charge in [-0.25, -0.2) is 0 Å². The van der Waals surface area contributed by atoms with Gasteiger partial charge in [0.05, 0.1) is 11.0 Å². The molecular weight excluding hydrogens is 274 g/mol. The van der Waals surface area contributed by atoms with Gasteiger partial charge in [0.25, 0.3) is 5.91 Å². The zero-order chi connectivity index (χ0) is 15.4. The lowest BCUT2D eigenvalue weighted by Crippen LogP contribution is -2.47. The van der Waals surface area contributed by atoms with Crippen LogP contribution in [0, 0.1) is 10.1 Å². The predicted octanol–water partition coefficient (Wildman–Crippen LogP) is 1.93. The van der Waals surface area contributed by atoms with Crippen LogP contribution in [-0.2, 0) is 4.74 Å². The Bertz CT molecular complexity index is 541. The molecular formula is C14H19N3O4. The number of nitro benzene ring substituents is 1. The number of para-hydroxylation sites is 1. The van der Waals surface area contributed by atoms with Gasteiger partial charge in [-0.2, -0.15) is 0 Å². The van der Waals surface area contributed by atoms with Crippen molar-refractivity contribution in [1.82, 2.24) is 5.32 Å². The monoisotopic (exact) mass is 293 g/mol. The van der Waals surface area contributed by atoms with Crippen LogP contribution in [0.15, 0.2) is 18.2 Å². The molecule has 0 saturated heterocycles. The summed E-state index contributed by atoms with van der Waals surface area (Å²) in [5.74, 6) is -0.418. The van der Waals surface area contributed by atoms with Gasteiger partial charge in [-0.05, 0) is 31.9 Å². The average molecular weight is 293 g/mol. The fraction of sp³-hybridized carbons (Fsp3) is 0.500. The molecule has 1 fully saturated rings. The molecule has 1 aliphatic rings. The first-order chi connectivity index (χ1) is 10.1. The first-order valence-corrected chi connectivity index (χ1v) is 6.94. The summed E-state index contributed by atoms with van der Waals surface area (Å²) in [6.45, 7) is 2.58. The first-order valence-electron chi connectivity index (χ1n) is 6.94. The molecule has 114 valence electrons. The largest absolute Gasteiger partial charge is 0.383 e. The summed E-state index contributed by atoms with van der Waals surface area (Å²) in [5.41, 5.74) is 0.207. The van der Waals surface area contributed by atoms with Crippen LogP contribution in [0.3, 0.4) is 0 Å². The summed E-state index contributed by atoms with van der Waals surface area (Å²) in [5, 5.41) is 16.7. The number of benzene rings is 1. The van der Waals surface area contributed by atoms with E-state index in [-0.39, 0.29) is 23.4 Å². The van der Waals surface area contributed by atoms with E-state index in [0.29, 0.717) is 12.3 Å². The zero-order valence-corrected chi connectivity index (χ0v) is 12.1. The van der Waals surface area contributed by atoms with Gasteiger partial charge < -0.3 is 15.4 Å². The van der Waals surface area contributed by atoms with Crippen LogP contribution in [0.5, 0.6) is 0 Å². The van der Waals surface area contributed by atoms with Crippen LogP contribution < -0.4 is 10.6 Å². The van der Waals surface area contributed by atoms with Gasteiger partial charge in [0.2, 0.25) is 0 Å². The predicted molar refractivity (Wildman–Crippen MR) is 78.5 cm³/mol. The molecule has 1 aromatic rings. The highest BCUT2D eigenvalue weighted by molar-refractivity contribution is 6.00. The van der Waals surface area contributed by atoms with Crippen molar-refractivity contribution in [2.24, 2.45) is 0 Å².